The van der Waals surface area contributed by atoms with Crippen molar-refractivity contribution in [3.05, 3.63) is 28.8 Å². The van der Waals surface area contributed by atoms with Gasteiger partial charge in [-0.1, -0.05) is 11.6 Å². The van der Waals surface area contributed by atoms with Gasteiger partial charge in [0.25, 0.3) is 0 Å². The van der Waals surface area contributed by atoms with Crippen molar-refractivity contribution in [2.24, 2.45) is 0 Å². The Labute approximate surface area is 90.8 Å². The monoisotopic (exact) mass is 234 g/mol. The van der Waals surface area contributed by atoms with E-state index >= 15 is 0 Å². The van der Waals surface area contributed by atoms with Crippen molar-refractivity contribution in [2.75, 3.05) is 7.11 Å². The van der Waals surface area contributed by atoms with Crippen LogP contribution in [-0.4, -0.2) is 18.8 Å². The molecule has 15 heavy (non-hydrogen) atoms. The van der Waals surface area contributed by atoms with Crippen LogP contribution in [0.1, 0.15) is 17.3 Å². The standard InChI is InChI=1S/C10H9ClF2O2/c1-10(12,13)9(14)7-5-6(11)3-4-8(7)15-2/h3-5H,1-2H3. The summed E-state index contributed by atoms with van der Waals surface area (Å²) in [6.45, 7) is 0.537. The first-order valence-electron chi connectivity index (χ1n) is 4.12. The van der Waals surface area contributed by atoms with Crippen molar-refractivity contribution in [1.29, 1.82) is 0 Å². The van der Waals surface area contributed by atoms with Crippen molar-refractivity contribution in [3.8, 4) is 5.75 Å². The fourth-order valence-corrected chi connectivity index (χ4v) is 1.27. The van der Waals surface area contributed by atoms with E-state index in [2.05, 4.69) is 0 Å². The summed E-state index contributed by atoms with van der Waals surface area (Å²) in [7, 11) is 1.30. The molecule has 0 spiro atoms. The highest BCUT2D eigenvalue weighted by Crippen LogP contribution is 2.28. The first-order chi connectivity index (χ1) is 6.86. The Bertz CT molecular complexity index is 385. The number of carbonyl (C=O) groups is 1. The minimum Gasteiger partial charge on any atom is -0.496 e. The minimum atomic E-state index is -3.43. The summed E-state index contributed by atoms with van der Waals surface area (Å²) < 4.78 is 30.4. The fraction of sp³-hybridized carbons (Fsp3) is 0.300. The highest BCUT2D eigenvalue weighted by atomic mass is 35.5. The molecule has 0 aliphatic heterocycles. The number of hydrogen-bond donors (Lipinski definition) is 0. The van der Waals surface area contributed by atoms with Gasteiger partial charge in [0.05, 0.1) is 12.7 Å². The minimum absolute atomic E-state index is 0.0888. The average molecular weight is 235 g/mol. The lowest BCUT2D eigenvalue weighted by Crippen LogP contribution is -2.24. The lowest BCUT2D eigenvalue weighted by atomic mass is 10.1. The van der Waals surface area contributed by atoms with Crippen LogP contribution in [0, 0.1) is 0 Å². The third-order valence-electron chi connectivity index (χ3n) is 1.80. The largest absolute Gasteiger partial charge is 0.496 e. The Morgan fingerprint density at radius 3 is 2.53 bits per heavy atom. The maximum absolute atomic E-state index is 12.8. The molecule has 0 radical (unpaired) electrons. The van der Waals surface area contributed by atoms with Crippen molar-refractivity contribution in [2.45, 2.75) is 12.8 Å². The van der Waals surface area contributed by atoms with Gasteiger partial charge < -0.3 is 4.74 Å². The van der Waals surface area contributed by atoms with E-state index in [-0.39, 0.29) is 16.3 Å². The lowest BCUT2D eigenvalue weighted by molar-refractivity contribution is 0.0219. The molecule has 1 rings (SSSR count). The summed E-state index contributed by atoms with van der Waals surface area (Å²) in [4.78, 5) is 11.3. The van der Waals surface area contributed by atoms with Gasteiger partial charge >= 0.3 is 5.92 Å². The molecule has 0 aliphatic rings. The smallest absolute Gasteiger partial charge is 0.307 e. The predicted molar refractivity (Wildman–Crippen MR) is 53.0 cm³/mol. The van der Waals surface area contributed by atoms with Gasteiger partial charge in [0.15, 0.2) is 0 Å². The van der Waals surface area contributed by atoms with E-state index in [4.69, 9.17) is 16.3 Å². The highest BCUT2D eigenvalue weighted by Gasteiger charge is 2.35. The molecule has 0 fully saturated rings. The van der Waals surface area contributed by atoms with E-state index in [9.17, 15) is 13.6 Å². The molecule has 0 aliphatic carbocycles. The topological polar surface area (TPSA) is 26.3 Å². The second-order valence-electron chi connectivity index (χ2n) is 3.06. The molecule has 1 aromatic carbocycles. The Morgan fingerprint density at radius 2 is 2.07 bits per heavy atom. The van der Waals surface area contributed by atoms with E-state index in [0.717, 1.165) is 0 Å². The van der Waals surface area contributed by atoms with Crippen molar-refractivity contribution < 1.29 is 18.3 Å². The van der Waals surface area contributed by atoms with Crippen molar-refractivity contribution in [3.63, 3.8) is 0 Å². The number of rotatable bonds is 3. The number of hydrogen-bond acceptors (Lipinski definition) is 2. The second kappa shape index (κ2) is 4.14. The maximum atomic E-state index is 12.8. The molecule has 0 heterocycles. The van der Waals surface area contributed by atoms with Gasteiger partial charge in [-0.15, -0.1) is 0 Å². The van der Waals surface area contributed by atoms with Crippen LogP contribution in [0.3, 0.4) is 0 Å². The lowest BCUT2D eigenvalue weighted by Gasteiger charge is -2.12. The van der Waals surface area contributed by atoms with E-state index in [0.29, 0.717) is 6.92 Å². The van der Waals surface area contributed by atoms with E-state index in [1.807, 2.05) is 0 Å². The van der Waals surface area contributed by atoms with E-state index in [1.54, 1.807) is 0 Å². The maximum Gasteiger partial charge on any atom is 0.307 e. The molecular formula is C10H9ClF2O2. The predicted octanol–water partition coefficient (Wildman–Crippen LogP) is 3.19. The highest BCUT2D eigenvalue weighted by molar-refractivity contribution is 6.31. The third-order valence-corrected chi connectivity index (χ3v) is 2.04. The van der Waals surface area contributed by atoms with E-state index < -0.39 is 11.7 Å². The Hall–Kier alpha value is -1.16. The molecular weight excluding hydrogens is 226 g/mol. The van der Waals surface area contributed by atoms with Crippen LogP contribution in [0.25, 0.3) is 0 Å². The van der Waals surface area contributed by atoms with Gasteiger partial charge in [0.2, 0.25) is 5.78 Å². The van der Waals surface area contributed by atoms with Crippen molar-refractivity contribution >= 4 is 17.4 Å². The molecule has 0 N–H and O–H groups in total. The SMILES string of the molecule is COc1ccc(Cl)cc1C(=O)C(C)(F)F. The van der Waals surface area contributed by atoms with Crippen LogP contribution in [0.15, 0.2) is 18.2 Å². The first kappa shape index (κ1) is 11.9. The Morgan fingerprint density at radius 1 is 1.47 bits per heavy atom. The molecule has 0 aromatic heterocycles. The molecule has 0 amide bonds. The second-order valence-corrected chi connectivity index (χ2v) is 3.50. The zero-order valence-electron chi connectivity index (χ0n) is 8.18. The number of alkyl halides is 2. The summed E-state index contributed by atoms with van der Waals surface area (Å²) in [5.74, 6) is -4.65. The van der Waals surface area contributed by atoms with Crippen LogP contribution < -0.4 is 4.74 Å². The van der Waals surface area contributed by atoms with Crippen LogP contribution in [0.4, 0.5) is 8.78 Å². The number of methoxy groups -OCH3 is 1. The molecule has 2 nitrogen and oxygen atoms in total. The van der Waals surface area contributed by atoms with Crippen LogP contribution >= 0.6 is 11.6 Å². The first-order valence-corrected chi connectivity index (χ1v) is 4.50. The molecule has 0 saturated heterocycles. The van der Waals surface area contributed by atoms with Gasteiger partial charge in [0.1, 0.15) is 5.75 Å². The number of ketones is 1. The molecule has 82 valence electrons. The zero-order chi connectivity index (χ0) is 11.6. The Kier molecular flexibility index (Phi) is 3.29. The Balaban J connectivity index is 3.23. The van der Waals surface area contributed by atoms with Crippen LogP contribution in [0.2, 0.25) is 5.02 Å². The third kappa shape index (κ3) is 2.65. The summed E-state index contributed by atoms with van der Waals surface area (Å²) in [5.41, 5.74) is -0.211. The quantitative estimate of drug-likeness (QED) is 0.751. The average Bonchev–Trinajstić information content (AvgIpc) is 2.15. The van der Waals surface area contributed by atoms with Gasteiger partial charge in [0, 0.05) is 11.9 Å². The summed E-state index contributed by atoms with van der Waals surface area (Å²) in [6, 6.07) is 4.01. The number of Topliss-reactive ketones (excluding diaryl/α,β-unsaturated/α-hetero) is 1. The summed E-state index contributed by atoms with van der Waals surface area (Å²) in [5, 5.41) is 0.211. The molecule has 0 bridgehead atoms. The van der Waals surface area contributed by atoms with E-state index in [1.165, 1.54) is 25.3 Å². The summed E-state index contributed by atoms with van der Waals surface area (Å²) in [6.07, 6.45) is 0. The van der Waals surface area contributed by atoms with Gasteiger partial charge in [-0.25, -0.2) is 0 Å². The normalized spacial score (nSPS) is 11.3. The number of carbonyl (C=O) groups excluding carboxylic acids is 1. The number of halogens is 3. The van der Waals surface area contributed by atoms with Gasteiger partial charge in [-0.05, 0) is 18.2 Å². The summed E-state index contributed by atoms with van der Waals surface area (Å²) >= 11 is 5.62. The molecule has 0 unspecified atom stereocenters. The molecule has 5 heteroatoms. The molecule has 0 saturated carbocycles. The van der Waals surface area contributed by atoms with Crippen LogP contribution in [0.5, 0.6) is 5.75 Å². The molecule has 0 atom stereocenters. The molecule has 1 aromatic rings. The van der Waals surface area contributed by atoms with Gasteiger partial charge in [-0.3, -0.25) is 4.79 Å². The number of benzene rings is 1. The van der Waals surface area contributed by atoms with Crippen molar-refractivity contribution in [1.82, 2.24) is 0 Å². The van der Waals surface area contributed by atoms with Gasteiger partial charge in [-0.2, -0.15) is 8.78 Å². The number of ether oxygens (including phenoxy) is 1. The van der Waals surface area contributed by atoms with Crippen LogP contribution in [-0.2, 0) is 0 Å². The fourth-order valence-electron chi connectivity index (χ4n) is 1.09. The zero-order valence-corrected chi connectivity index (χ0v) is 8.94.